The first kappa shape index (κ1) is 14.1. The van der Waals surface area contributed by atoms with Crippen molar-refractivity contribution in [3.8, 4) is 5.75 Å². The summed E-state index contributed by atoms with van der Waals surface area (Å²) in [5.41, 5.74) is 2.73. The lowest BCUT2D eigenvalue weighted by Gasteiger charge is -2.09. The number of hydrogen-bond acceptors (Lipinski definition) is 3. The van der Waals surface area contributed by atoms with Crippen LogP contribution in [0.1, 0.15) is 30.3 Å². The van der Waals surface area contributed by atoms with Crippen molar-refractivity contribution in [3.05, 3.63) is 47.5 Å². The molecule has 1 aliphatic heterocycles. The molecule has 0 aliphatic carbocycles. The van der Waals surface area contributed by atoms with Crippen LogP contribution >= 0.6 is 0 Å². The van der Waals surface area contributed by atoms with Crippen LogP contribution in [0.3, 0.4) is 0 Å². The van der Waals surface area contributed by atoms with Crippen LogP contribution in [0.15, 0.2) is 30.6 Å². The quantitative estimate of drug-likeness (QED) is 0.795. The van der Waals surface area contributed by atoms with Crippen molar-refractivity contribution in [2.45, 2.75) is 39.3 Å². The van der Waals surface area contributed by atoms with Gasteiger partial charge in [-0.05, 0) is 36.6 Å². The van der Waals surface area contributed by atoms with Crippen LogP contribution in [0.4, 0.5) is 0 Å². The second kappa shape index (κ2) is 6.76. The van der Waals surface area contributed by atoms with Gasteiger partial charge in [-0.15, -0.1) is 0 Å². The SMILES string of the molecule is CCCNCc1nccn1CCc1ccc2c(c1)CCO2. The highest BCUT2D eigenvalue weighted by atomic mass is 16.5. The Morgan fingerprint density at radius 2 is 2.33 bits per heavy atom. The Kier molecular flexibility index (Phi) is 4.55. The van der Waals surface area contributed by atoms with E-state index in [9.17, 15) is 0 Å². The zero-order valence-electron chi connectivity index (χ0n) is 12.6. The summed E-state index contributed by atoms with van der Waals surface area (Å²) in [5, 5.41) is 3.41. The molecular weight excluding hydrogens is 262 g/mol. The molecule has 4 nitrogen and oxygen atoms in total. The third-order valence-electron chi connectivity index (χ3n) is 3.91. The Morgan fingerprint density at radius 1 is 1.38 bits per heavy atom. The van der Waals surface area contributed by atoms with Crippen molar-refractivity contribution < 1.29 is 4.74 Å². The van der Waals surface area contributed by atoms with Crippen LogP contribution in [-0.4, -0.2) is 22.7 Å². The summed E-state index contributed by atoms with van der Waals surface area (Å²) in [6.07, 6.45) is 7.18. The predicted molar refractivity (Wildman–Crippen MR) is 83.6 cm³/mol. The normalized spacial score (nSPS) is 13.2. The molecule has 0 fully saturated rings. The molecule has 0 amide bonds. The Bertz CT molecular complexity index is 591. The fourth-order valence-corrected chi connectivity index (χ4v) is 2.73. The smallest absolute Gasteiger partial charge is 0.122 e. The summed E-state index contributed by atoms with van der Waals surface area (Å²) in [4.78, 5) is 4.44. The third-order valence-corrected chi connectivity index (χ3v) is 3.91. The van der Waals surface area contributed by atoms with E-state index in [1.165, 1.54) is 11.1 Å². The number of hydrogen-bond donors (Lipinski definition) is 1. The highest BCUT2D eigenvalue weighted by molar-refractivity contribution is 5.39. The summed E-state index contributed by atoms with van der Waals surface area (Å²) in [5.74, 6) is 2.18. The molecule has 0 bridgehead atoms. The molecule has 1 aromatic carbocycles. The maximum atomic E-state index is 5.55. The Labute approximate surface area is 126 Å². The molecule has 1 aliphatic rings. The number of rotatable bonds is 7. The molecule has 2 heterocycles. The Hall–Kier alpha value is -1.81. The summed E-state index contributed by atoms with van der Waals surface area (Å²) in [6.45, 7) is 5.87. The van der Waals surface area contributed by atoms with E-state index in [1.54, 1.807) is 0 Å². The molecule has 0 unspecified atom stereocenters. The number of nitrogens with zero attached hydrogens (tertiary/aromatic N) is 2. The number of fused-ring (bicyclic) bond motifs is 1. The largest absolute Gasteiger partial charge is 0.493 e. The summed E-state index contributed by atoms with van der Waals surface area (Å²) < 4.78 is 7.80. The summed E-state index contributed by atoms with van der Waals surface area (Å²) >= 11 is 0. The van der Waals surface area contributed by atoms with E-state index in [4.69, 9.17) is 4.74 Å². The molecule has 3 rings (SSSR count). The minimum absolute atomic E-state index is 0.827. The molecule has 112 valence electrons. The number of aryl methyl sites for hydroxylation is 2. The van der Waals surface area contributed by atoms with Crippen molar-refractivity contribution in [2.24, 2.45) is 0 Å². The minimum Gasteiger partial charge on any atom is -0.493 e. The molecule has 0 saturated heterocycles. The lowest BCUT2D eigenvalue weighted by molar-refractivity contribution is 0.357. The van der Waals surface area contributed by atoms with Gasteiger partial charge in [-0.2, -0.15) is 0 Å². The Balaban J connectivity index is 1.59. The van der Waals surface area contributed by atoms with Crippen LogP contribution in [0.5, 0.6) is 5.75 Å². The summed E-state index contributed by atoms with van der Waals surface area (Å²) in [7, 11) is 0. The average Bonchev–Trinajstić information content (AvgIpc) is 3.13. The van der Waals surface area contributed by atoms with Gasteiger partial charge in [-0.3, -0.25) is 0 Å². The van der Waals surface area contributed by atoms with Gasteiger partial charge >= 0.3 is 0 Å². The Morgan fingerprint density at radius 3 is 3.24 bits per heavy atom. The van der Waals surface area contributed by atoms with E-state index in [-0.39, 0.29) is 0 Å². The molecule has 0 saturated carbocycles. The van der Waals surface area contributed by atoms with Crippen molar-refractivity contribution in [1.29, 1.82) is 0 Å². The van der Waals surface area contributed by atoms with Gasteiger partial charge in [0, 0.05) is 25.4 Å². The van der Waals surface area contributed by atoms with Crippen molar-refractivity contribution in [2.75, 3.05) is 13.2 Å². The lowest BCUT2D eigenvalue weighted by Crippen LogP contribution is -2.18. The highest BCUT2D eigenvalue weighted by Crippen LogP contribution is 2.26. The number of nitrogens with one attached hydrogen (secondary N) is 1. The molecule has 1 N–H and O–H groups in total. The maximum Gasteiger partial charge on any atom is 0.122 e. The van der Waals surface area contributed by atoms with Crippen LogP contribution in [0, 0.1) is 0 Å². The van der Waals surface area contributed by atoms with Crippen molar-refractivity contribution in [3.63, 3.8) is 0 Å². The van der Waals surface area contributed by atoms with Gasteiger partial charge in [-0.1, -0.05) is 19.1 Å². The number of aromatic nitrogens is 2. The predicted octanol–water partition coefficient (Wildman–Crippen LogP) is 2.56. The van der Waals surface area contributed by atoms with Gasteiger partial charge in [0.25, 0.3) is 0 Å². The van der Waals surface area contributed by atoms with E-state index in [1.807, 2.05) is 6.20 Å². The molecule has 0 radical (unpaired) electrons. The first-order chi connectivity index (χ1) is 10.4. The van der Waals surface area contributed by atoms with Gasteiger partial charge in [0.1, 0.15) is 11.6 Å². The first-order valence-corrected chi connectivity index (χ1v) is 7.82. The van der Waals surface area contributed by atoms with E-state index < -0.39 is 0 Å². The topological polar surface area (TPSA) is 39.1 Å². The number of ether oxygens (including phenoxy) is 1. The van der Waals surface area contributed by atoms with E-state index >= 15 is 0 Å². The second-order valence-corrected chi connectivity index (χ2v) is 5.50. The van der Waals surface area contributed by atoms with Gasteiger partial charge in [0.15, 0.2) is 0 Å². The standard InChI is InChI=1S/C17H23N3O/c1-2-7-18-13-17-19-8-10-20(17)9-5-14-3-4-16-15(12-14)6-11-21-16/h3-4,8,10,12,18H,2,5-7,9,11,13H2,1H3. The summed E-state index contributed by atoms with van der Waals surface area (Å²) in [6, 6.07) is 6.57. The zero-order chi connectivity index (χ0) is 14.5. The molecule has 0 spiro atoms. The fourth-order valence-electron chi connectivity index (χ4n) is 2.73. The molecular formula is C17H23N3O. The molecule has 21 heavy (non-hydrogen) atoms. The van der Waals surface area contributed by atoms with Crippen molar-refractivity contribution in [1.82, 2.24) is 14.9 Å². The van der Waals surface area contributed by atoms with E-state index in [0.29, 0.717) is 0 Å². The zero-order valence-corrected chi connectivity index (χ0v) is 12.6. The van der Waals surface area contributed by atoms with E-state index in [2.05, 4.69) is 46.2 Å². The van der Waals surface area contributed by atoms with Gasteiger partial charge < -0.3 is 14.6 Å². The van der Waals surface area contributed by atoms with Crippen LogP contribution in [-0.2, 0) is 25.9 Å². The minimum atomic E-state index is 0.827. The maximum absolute atomic E-state index is 5.55. The van der Waals surface area contributed by atoms with Gasteiger partial charge in [0.2, 0.25) is 0 Å². The highest BCUT2D eigenvalue weighted by Gasteiger charge is 2.12. The fraction of sp³-hybridized carbons (Fsp3) is 0.471. The van der Waals surface area contributed by atoms with Gasteiger partial charge in [0.05, 0.1) is 13.2 Å². The molecule has 2 aromatic rings. The molecule has 4 heteroatoms. The molecule has 1 aromatic heterocycles. The molecule has 0 atom stereocenters. The first-order valence-electron chi connectivity index (χ1n) is 7.82. The average molecular weight is 285 g/mol. The van der Waals surface area contributed by atoms with Crippen molar-refractivity contribution >= 4 is 0 Å². The lowest BCUT2D eigenvalue weighted by atomic mass is 10.1. The monoisotopic (exact) mass is 285 g/mol. The van der Waals surface area contributed by atoms with Crippen LogP contribution in [0.2, 0.25) is 0 Å². The van der Waals surface area contributed by atoms with Crippen LogP contribution < -0.4 is 10.1 Å². The van der Waals surface area contributed by atoms with Gasteiger partial charge in [-0.25, -0.2) is 4.98 Å². The number of imidazole rings is 1. The van der Waals surface area contributed by atoms with E-state index in [0.717, 1.165) is 57.1 Å². The van der Waals surface area contributed by atoms with Crippen LogP contribution in [0.25, 0.3) is 0 Å². The second-order valence-electron chi connectivity index (χ2n) is 5.50. The number of benzene rings is 1. The third kappa shape index (κ3) is 3.45.